The van der Waals surface area contributed by atoms with Crippen molar-refractivity contribution in [2.24, 2.45) is 0 Å². The fourth-order valence-corrected chi connectivity index (χ4v) is 2.63. The quantitative estimate of drug-likeness (QED) is 0.900. The SMILES string of the molecule is CN(C)S(=O)(=O)Nc1ccc(N2CCCCCC2)nn1. The third kappa shape index (κ3) is 3.80. The Hall–Kier alpha value is -1.41. The van der Waals surface area contributed by atoms with Crippen LogP contribution in [0.1, 0.15) is 25.7 Å². The lowest BCUT2D eigenvalue weighted by Crippen LogP contribution is -2.29. The van der Waals surface area contributed by atoms with E-state index in [4.69, 9.17) is 0 Å². The molecule has 0 bridgehead atoms. The Kier molecular flexibility index (Phi) is 4.77. The van der Waals surface area contributed by atoms with Gasteiger partial charge in [-0.15, -0.1) is 10.2 Å². The van der Waals surface area contributed by atoms with E-state index in [2.05, 4.69) is 19.8 Å². The van der Waals surface area contributed by atoms with Crippen molar-refractivity contribution in [3.05, 3.63) is 12.1 Å². The van der Waals surface area contributed by atoms with E-state index < -0.39 is 10.2 Å². The van der Waals surface area contributed by atoms with E-state index >= 15 is 0 Å². The van der Waals surface area contributed by atoms with Crippen LogP contribution in [0.4, 0.5) is 11.6 Å². The van der Waals surface area contributed by atoms with Gasteiger partial charge in [0, 0.05) is 27.2 Å². The van der Waals surface area contributed by atoms with Crippen LogP contribution in [0.2, 0.25) is 0 Å². The van der Waals surface area contributed by atoms with E-state index in [-0.39, 0.29) is 5.82 Å². The fraction of sp³-hybridized carbons (Fsp3) is 0.667. The second-order valence-electron chi connectivity index (χ2n) is 5.07. The Balaban J connectivity index is 2.06. The van der Waals surface area contributed by atoms with E-state index in [1.54, 1.807) is 6.07 Å². The average molecular weight is 299 g/mol. The third-order valence-electron chi connectivity index (χ3n) is 3.29. The molecule has 2 rings (SSSR count). The fourth-order valence-electron chi connectivity index (χ4n) is 2.07. The number of nitrogens with one attached hydrogen (secondary N) is 1. The molecule has 7 nitrogen and oxygen atoms in total. The first-order valence-corrected chi connectivity index (χ1v) is 8.22. The highest BCUT2D eigenvalue weighted by molar-refractivity contribution is 7.90. The molecular weight excluding hydrogens is 278 g/mol. The number of aromatic nitrogens is 2. The lowest BCUT2D eigenvalue weighted by atomic mass is 10.2. The van der Waals surface area contributed by atoms with Crippen molar-refractivity contribution in [2.75, 3.05) is 36.8 Å². The molecule has 0 radical (unpaired) electrons. The standard InChI is InChI=1S/C12H21N5O2S/c1-16(2)20(18,19)15-11-7-8-12(14-13-11)17-9-5-3-4-6-10-17/h7-8H,3-6,9-10H2,1-2H3,(H,13,15). The monoisotopic (exact) mass is 299 g/mol. The van der Waals surface area contributed by atoms with Crippen molar-refractivity contribution in [2.45, 2.75) is 25.7 Å². The Bertz CT molecular complexity index is 521. The van der Waals surface area contributed by atoms with Crippen molar-refractivity contribution in [3.8, 4) is 0 Å². The molecule has 1 fully saturated rings. The van der Waals surface area contributed by atoms with Gasteiger partial charge in [0.2, 0.25) is 0 Å². The molecule has 112 valence electrons. The van der Waals surface area contributed by atoms with Crippen molar-refractivity contribution in [1.82, 2.24) is 14.5 Å². The van der Waals surface area contributed by atoms with Gasteiger partial charge in [-0.2, -0.15) is 12.7 Å². The van der Waals surface area contributed by atoms with Gasteiger partial charge >= 0.3 is 10.2 Å². The summed E-state index contributed by atoms with van der Waals surface area (Å²) in [4.78, 5) is 2.20. The molecule has 0 atom stereocenters. The van der Waals surface area contributed by atoms with Gasteiger partial charge in [0.15, 0.2) is 11.6 Å². The van der Waals surface area contributed by atoms with Gasteiger partial charge < -0.3 is 4.90 Å². The molecule has 0 spiro atoms. The first-order valence-electron chi connectivity index (χ1n) is 6.78. The first-order chi connectivity index (χ1) is 9.49. The molecule has 1 saturated heterocycles. The second kappa shape index (κ2) is 6.36. The zero-order chi connectivity index (χ0) is 14.6. The second-order valence-corrected chi connectivity index (χ2v) is 6.95. The van der Waals surface area contributed by atoms with Gasteiger partial charge in [-0.3, -0.25) is 4.72 Å². The number of hydrogen-bond donors (Lipinski definition) is 1. The van der Waals surface area contributed by atoms with E-state index in [9.17, 15) is 8.42 Å². The van der Waals surface area contributed by atoms with Crippen molar-refractivity contribution >= 4 is 21.8 Å². The summed E-state index contributed by atoms with van der Waals surface area (Å²) in [5.41, 5.74) is 0. The lowest BCUT2D eigenvalue weighted by Gasteiger charge is -2.20. The highest BCUT2D eigenvalue weighted by Crippen LogP contribution is 2.17. The molecule has 0 aliphatic carbocycles. The van der Waals surface area contributed by atoms with Crippen molar-refractivity contribution in [3.63, 3.8) is 0 Å². The van der Waals surface area contributed by atoms with Gasteiger partial charge in [-0.1, -0.05) is 12.8 Å². The molecule has 1 aromatic heterocycles. The van der Waals surface area contributed by atoms with Gasteiger partial charge in [0.25, 0.3) is 0 Å². The van der Waals surface area contributed by atoms with Crippen LogP contribution in [-0.2, 0) is 10.2 Å². The Morgan fingerprint density at radius 2 is 1.75 bits per heavy atom. The van der Waals surface area contributed by atoms with E-state index in [1.165, 1.54) is 26.9 Å². The van der Waals surface area contributed by atoms with Crippen molar-refractivity contribution in [1.29, 1.82) is 0 Å². The minimum atomic E-state index is -3.53. The molecule has 8 heteroatoms. The van der Waals surface area contributed by atoms with Crippen LogP contribution < -0.4 is 9.62 Å². The van der Waals surface area contributed by atoms with Crippen LogP contribution in [0.5, 0.6) is 0 Å². The summed E-state index contributed by atoms with van der Waals surface area (Å²) in [7, 11) is -0.608. The largest absolute Gasteiger partial charge is 0.355 e. The van der Waals surface area contributed by atoms with Gasteiger partial charge in [0.05, 0.1) is 0 Å². The molecule has 20 heavy (non-hydrogen) atoms. The Morgan fingerprint density at radius 3 is 2.25 bits per heavy atom. The van der Waals surface area contributed by atoms with Crippen LogP contribution in [0, 0.1) is 0 Å². The van der Waals surface area contributed by atoms with E-state index in [0.717, 1.165) is 36.1 Å². The van der Waals surface area contributed by atoms with Gasteiger partial charge in [-0.25, -0.2) is 0 Å². The van der Waals surface area contributed by atoms with E-state index in [0.29, 0.717) is 0 Å². The van der Waals surface area contributed by atoms with Crippen molar-refractivity contribution < 1.29 is 8.42 Å². The summed E-state index contributed by atoms with van der Waals surface area (Å²) < 4.78 is 26.8. The first kappa shape index (κ1) is 15.0. The summed E-state index contributed by atoms with van der Waals surface area (Å²) in [6, 6.07) is 3.46. The molecule has 1 aliphatic rings. The topological polar surface area (TPSA) is 78.4 Å². The number of hydrogen-bond acceptors (Lipinski definition) is 5. The van der Waals surface area contributed by atoms with Gasteiger partial charge in [-0.05, 0) is 25.0 Å². The Labute approximate surface area is 120 Å². The summed E-state index contributed by atoms with van der Waals surface area (Å²) in [5.74, 6) is 1.04. The Morgan fingerprint density at radius 1 is 1.10 bits per heavy atom. The molecule has 2 heterocycles. The van der Waals surface area contributed by atoms with Gasteiger partial charge in [0.1, 0.15) is 0 Å². The molecule has 0 saturated carbocycles. The normalized spacial score (nSPS) is 17.1. The molecular formula is C12H21N5O2S. The highest BCUT2D eigenvalue weighted by atomic mass is 32.2. The van der Waals surface area contributed by atoms with E-state index in [1.807, 2.05) is 6.07 Å². The minimum Gasteiger partial charge on any atom is -0.355 e. The van der Waals surface area contributed by atoms with Crippen LogP contribution in [-0.4, -0.2) is 50.1 Å². The molecule has 0 amide bonds. The van der Waals surface area contributed by atoms with Crippen LogP contribution in [0.3, 0.4) is 0 Å². The predicted octanol–water partition coefficient (Wildman–Crippen LogP) is 1.08. The number of anilines is 2. The lowest BCUT2D eigenvalue weighted by molar-refractivity contribution is 0.526. The molecule has 1 aliphatic heterocycles. The zero-order valence-electron chi connectivity index (χ0n) is 11.9. The van der Waals surface area contributed by atoms with Crippen LogP contribution in [0.25, 0.3) is 0 Å². The average Bonchev–Trinajstić information content (AvgIpc) is 2.68. The molecule has 0 unspecified atom stereocenters. The maximum absolute atomic E-state index is 11.7. The number of nitrogens with zero attached hydrogens (tertiary/aromatic N) is 4. The summed E-state index contributed by atoms with van der Waals surface area (Å²) in [6.45, 7) is 1.97. The molecule has 1 N–H and O–H groups in total. The maximum Gasteiger partial charge on any atom is 0.302 e. The predicted molar refractivity (Wildman–Crippen MR) is 78.9 cm³/mol. The minimum absolute atomic E-state index is 0.234. The number of rotatable bonds is 4. The van der Waals surface area contributed by atoms with Crippen LogP contribution >= 0.6 is 0 Å². The maximum atomic E-state index is 11.7. The third-order valence-corrected chi connectivity index (χ3v) is 4.72. The van der Waals surface area contributed by atoms with Crippen LogP contribution in [0.15, 0.2) is 12.1 Å². The summed E-state index contributed by atoms with van der Waals surface area (Å²) >= 11 is 0. The highest BCUT2D eigenvalue weighted by Gasteiger charge is 2.15. The molecule has 1 aromatic rings. The summed E-state index contributed by atoms with van der Waals surface area (Å²) in [5, 5.41) is 8.06. The zero-order valence-corrected chi connectivity index (χ0v) is 12.7. The molecule has 0 aromatic carbocycles. The smallest absolute Gasteiger partial charge is 0.302 e. The summed E-state index contributed by atoms with van der Waals surface area (Å²) in [6.07, 6.45) is 4.84.